The molecule has 0 aliphatic carbocycles. The highest BCUT2D eigenvalue weighted by molar-refractivity contribution is 6.13. The van der Waals surface area contributed by atoms with Crippen LogP contribution < -0.4 is 15.4 Å². The zero-order valence-corrected chi connectivity index (χ0v) is 24.4. The SMILES string of the molecule is N#Cc1ncccc1OCCc1ccc2c(c1)NC(=O)c1ccc(-c3cn(CCc4cc(F)cc(F)c4)c4cnccc34)cc1N2. The number of ether oxygens (including phenoxy) is 1. The van der Waals surface area contributed by atoms with Crippen LogP contribution in [0.2, 0.25) is 0 Å². The van der Waals surface area contributed by atoms with Crippen LogP contribution in [-0.4, -0.2) is 27.0 Å². The van der Waals surface area contributed by atoms with E-state index in [4.69, 9.17) is 4.74 Å². The fourth-order valence-electron chi connectivity index (χ4n) is 5.73. The summed E-state index contributed by atoms with van der Waals surface area (Å²) in [5, 5.41) is 16.7. The number of nitrogens with one attached hydrogen (secondary N) is 2. The quantitative estimate of drug-likeness (QED) is 0.185. The second-order valence-electron chi connectivity index (χ2n) is 10.9. The van der Waals surface area contributed by atoms with Crippen LogP contribution in [0.1, 0.15) is 27.2 Å². The molecule has 7 rings (SSSR count). The number of fused-ring (bicyclic) bond motifs is 3. The molecular weight excluding hydrogens is 586 g/mol. The topological polar surface area (TPSA) is 105 Å². The number of hydrogen-bond acceptors (Lipinski definition) is 6. The zero-order chi connectivity index (χ0) is 31.6. The van der Waals surface area contributed by atoms with Gasteiger partial charge in [0.05, 0.1) is 40.9 Å². The van der Waals surface area contributed by atoms with Crippen molar-refractivity contribution in [2.75, 3.05) is 17.2 Å². The third kappa shape index (κ3) is 5.74. The van der Waals surface area contributed by atoms with E-state index in [0.717, 1.165) is 39.3 Å². The molecule has 3 aromatic carbocycles. The molecule has 0 atom stereocenters. The molecule has 10 heteroatoms. The molecule has 0 unspecified atom stereocenters. The van der Waals surface area contributed by atoms with Crippen LogP contribution in [0.25, 0.3) is 22.0 Å². The molecule has 2 N–H and O–H groups in total. The van der Waals surface area contributed by atoms with Gasteiger partial charge < -0.3 is 19.9 Å². The van der Waals surface area contributed by atoms with E-state index in [1.807, 2.05) is 53.2 Å². The van der Waals surface area contributed by atoms with Crippen LogP contribution in [0.4, 0.5) is 25.8 Å². The lowest BCUT2D eigenvalue weighted by Gasteiger charge is -2.12. The van der Waals surface area contributed by atoms with Gasteiger partial charge in [-0.1, -0.05) is 12.1 Å². The van der Waals surface area contributed by atoms with Crippen molar-refractivity contribution in [1.29, 1.82) is 5.26 Å². The number of rotatable bonds is 8. The summed E-state index contributed by atoms with van der Waals surface area (Å²) in [6.07, 6.45) is 8.06. The number of amides is 1. The van der Waals surface area contributed by atoms with E-state index in [-0.39, 0.29) is 11.6 Å². The Kier molecular flexibility index (Phi) is 7.56. The van der Waals surface area contributed by atoms with Crippen LogP contribution in [0, 0.1) is 23.0 Å². The van der Waals surface area contributed by atoms with Gasteiger partial charge in [0.15, 0.2) is 11.4 Å². The third-order valence-electron chi connectivity index (χ3n) is 7.95. The number of halogens is 2. The first-order chi connectivity index (χ1) is 22.4. The van der Waals surface area contributed by atoms with Gasteiger partial charge in [-0.25, -0.2) is 13.8 Å². The maximum Gasteiger partial charge on any atom is 0.257 e. The Balaban J connectivity index is 1.13. The number of carbonyl (C=O) groups excluding carboxylic acids is 1. The maximum atomic E-state index is 13.8. The standard InChI is InChI=1S/C36H26F2N6O2/c37-25-14-23(15-26(38)18-25)8-12-44-21-29(27-7-11-40-20-34(27)44)24-4-5-28-31(17-24)42-30-6-3-22(16-32(30)43-36(28)45)9-13-46-35-2-1-10-41-33(35)19-39/h1-7,10-11,14-18,20-21,42H,8-9,12-13H2,(H,43,45). The first kappa shape index (κ1) is 28.7. The van der Waals surface area contributed by atoms with Crippen LogP contribution >= 0.6 is 0 Å². The lowest BCUT2D eigenvalue weighted by molar-refractivity contribution is 0.102. The Morgan fingerprint density at radius 3 is 2.57 bits per heavy atom. The second kappa shape index (κ2) is 12.1. The predicted octanol–water partition coefficient (Wildman–Crippen LogP) is 7.42. The zero-order valence-electron chi connectivity index (χ0n) is 24.4. The van der Waals surface area contributed by atoms with Crippen LogP contribution in [0.5, 0.6) is 5.75 Å². The highest BCUT2D eigenvalue weighted by atomic mass is 19.1. The molecule has 0 fully saturated rings. The van der Waals surface area contributed by atoms with Crippen molar-refractivity contribution in [1.82, 2.24) is 14.5 Å². The molecule has 0 bridgehead atoms. The monoisotopic (exact) mass is 612 g/mol. The van der Waals surface area contributed by atoms with Crippen molar-refractivity contribution in [2.24, 2.45) is 0 Å². The van der Waals surface area contributed by atoms with Crippen molar-refractivity contribution in [3.63, 3.8) is 0 Å². The first-order valence-electron chi connectivity index (χ1n) is 14.7. The van der Waals surface area contributed by atoms with E-state index in [1.165, 1.54) is 12.1 Å². The molecule has 4 heterocycles. The first-order valence-corrected chi connectivity index (χ1v) is 14.7. The summed E-state index contributed by atoms with van der Waals surface area (Å²) in [4.78, 5) is 21.6. The Labute approximate surface area is 262 Å². The van der Waals surface area contributed by atoms with Crippen molar-refractivity contribution < 1.29 is 18.3 Å². The van der Waals surface area contributed by atoms with Gasteiger partial charge in [0.1, 0.15) is 17.7 Å². The molecule has 8 nitrogen and oxygen atoms in total. The highest BCUT2D eigenvalue weighted by Crippen LogP contribution is 2.37. The van der Waals surface area contributed by atoms with E-state index in [0.29, 0.717) is 54.2 Å². The second-order valence-corrected chi connectivity index (χ2v) is 10.9. The number of benzene rings is 3. The number of nitriles is 1. The molecule has 0 saturated heterocycles. The van der Waals surface area contributed by atoms with Gasteiger partial charge >= 0.3 is 0 Å². The van der Waals surface area contributed by atoms with Crippen LogP contribution in [0.3, 0.4) is 0 Å². The van der Waals surface area contributed by atoms with Crippen LogP contribution in [0.15, 0.2) is 97.6 Å². The third-order valence-corrected chi connectivity index (χ3v) is 7.95. The molecule has 46 heavy (non-hydrogen) atoms. The van der Waals surface area contributed by atoms with Gasteiger partial charge in [-0.2, -0.15) is 5.26 Å². The van der Waals surface area contributed by atoms with Gasteiger partial charge in [0.25, 0.3) is 5.91 Å². The number of pyridine rings is 2. The normalized spacial score (nSPS) is 12.0. The summed E-state index contributed by atoms with van der Waals surface area (Å²) in [5.74, 6) is -0.996. The Morgan fingerprint density at radius 2 is 1.72 bits per heavy atom. The summed E-state index contributed by atoms with van der Waals surface area (Å²) in [6, 6.07) is 22.4. The molecule has 3 aromatic heterocycles. The van der Waals surface area contributed by atoms with Crippen LogP contribution in [-0.2, 0) is 19.4 Å². The smallest absolute Gasteiger partial charge is 0.257 e. The summed E-state index contributed by atoms with van der Waals surface area (Å²) in [5.41, 5.74) is 7.07. The average molecular weight is 613 g/mol. The van der Waals surface area contributed by atoms with E-state index < -0.39 is 11.6 Å². The van der Waals surface area contributed by atoms with Crippen molar-refractivity contribution in [3.8, 4) is 22.9 Å². The summed E-state index contributed by atoms with van der Waals surface area (Å²) in [6.45, 7) is 0.839. The minimum absolute atomic E-state index is 0.232. The molecule has 0 spiro atoms. The summed E-state index contributed by atoms with van der Waals surface area (Å²) < 4.78 is 35.3. The number of carbonyl (C=O) groups is 1. The van der Waals surface area contributed by atoms with Crippen molar-refractivity contribution in [2.45, 2.75) is 19.4 Å². The minimum Gasteiger partial charge on any atom is -0.490 e. The number of nitrogens with zero attached hydrogens (tertiary/aromatic N) is 4. The number of anilines is 3. The van der Waals surface area contributed by atoms with Gasteiger partial charge in [0.2, 0.25) is 0 Å². The van der Waals surface area contributed by atoms with E-state index >= 15 is 0 Å². The Bertz CT molecular complexity index is 2150. The summed E-state index contributed by atoms with van der Waals surface area (Å²) in [7, 11) is 0. The van der Waals surface area contributed by atoms with Gasteiger partial charge in [-0.3, -0.25) is 9.78 Å². The van der Waals surface area contributed by atoms with Crippen molar-refractivity contribution >= 4 is 33.9 Å². The summed E-state index contributed by atoms with van der Waals surface area (Å²) >= 11 is 0. The van der Waals surface area contributed by atoms with E-state index in [2.05, 4.69) is 20.6 Å². The van der Waals surface area contributed by atoms with Gasteiger partial charge in [-0.15, -0.1) is 0 Å². The molecule has 6 aromatic rings. The lowest BCUT2D eigenvalue weighted by Crippen LogP contribution is -2.11. The average Bonchev–Trinajstić information content (AvgIpc) is 3.36. The van der Waals surface area contributed by atoms with Gasteiger partial charge in [0, 0.05) is 48.6 Å². The largest absolute Gasteiger partial charge is 0.490 e. The highest BCUT2D eigenvalue weighted by Gasteiger charge is 2.21. The number of aromatic nitrogens is 3. The fraction of sp³-hybridized carbons (Fsp3) is 0.111. The molecule has 0 saturated carbocycles. The molecule has 226 valence electrons. The molecule has 1 aliphatic heterocycles. The van der Waals surface area contributed by atoms with Gasteiger partial charge in [-0.05, 0) is 77.7 Å². The number of hydrogen-bond donors (Lipinski definition) is 2. The van der Waals surface area contributed by atoms with E-state index in [1.54, 1.807) is 36.8 Å². The molecular formula is C36H26F2N6O2. The van der Waals surface area contributed by atoms with E-state index in [9.17, 15) is 18.8 Å². The molecule has 1 amide bonds. The minimum atomic E-state index is -0.598. The Hall–Kier alpha value is -6.08. The predicted molar refractivity (Wildman–Crippen MR) is 171 cm³/mol. The number of aryl methyl sites for hydroxylation is 2. The maximum absolute atomic E-state index is 13.8. The fourth-order valence-corrected chi connectivity index (χ4v) is 5.73. The van der Waals surface area contributed by atoms with Crippen molar-refractivity contribution in [3.05, 3.63) is 132 Å². The Morgan fingerprint density at radius 1 is 0.848 bits per heavy atom. The molecule has 0 radical (unpaired) electrons. The lowest BCUT2D eigenvalue weighted by atomic mass is 10.0. The molecule has 1 aliphatic rings.